The summed E-state index contributed by atoms with van der Waals surface area (Å²) < 4.78 is 52.0. The molecule has 182 valence electrons. The number of amides is 1. The average molecular weight is 494 g/mol. The van der Waals surface area contributed by atoms with Gasteiger partial charge < -0.3 is 24.2 Å². The highest BCUT2D eigenvalue weighted by Crippen LogP contribution is 2.31. The van der Waals surface area contributed by atoms with Crippen LogP contribution in [0.3, 0.4) is 0 Å². The van der Waals surface area contributed by atoms with Crippen LogP contribution in [-0.2, 0) is 6.54 Å². The minimum Gasteiger partial charge on any atom is -0.467 e. The minimum atomic E-state index is -4.78. The first-order valence-corrected chi connectivity index (χ1v) is 10.6. The predicted molar refractivity (Wildman–Crippen MR) is 124 cm³/mol. The summed E-state index contributed by atoms with van der Waals surface area (Å²) in [4.78, 5) is 21.3. The fourth-order valence-electron chi connectivity index (χ4n) is 3.45. The Morgan fingerprint density at radius 1 is 0.917 bits per heavy atom. The number of carbonyl (C=O) groups is 1. The Balaban J connectivity index is 1.33. The molecule has 0 bridgehead atoms. The number of hydrogen-bond acceptors (Lipinski definition) is 7. The van der Waals surface area contributed by atoms with Crippen LogP contribution in [-0.4, -0.2) is 22.2 Å². The second kappa shape index (κ2) is 9.45. The van der Waals surface area contributed by atoms with Crippen LogP contribution < -0.4 is 15.4 Å². The number of furan rings is 2. The standard InChI is InChI=1S/C25H17F3N4O4/c26-25(27,28)36-18-9-5-15(6-10-18)21-22-20(11-13-35-22)31-24(32-21)30-17-7-3-16(4-8-17)23(33)29-14-19-2-1-12-34-19/h1-13H,14H2,(H,29,33)(H,30,31,32). The van der Waals surface area contributed by atoms with Crippen molar-refractivity contribution in [3.63, 3.8) is 0 Å². The number of halogens is 3. The van der Waals surface area contributed by atoms with Gasteiger partial charge in [-0.3, -0.25) is 4.79 Å². The summed E-state index contributed by atoms with van der Waals surface area (Å²) >= 11 is 0. The van der Waals surface area contributed by atoms with Gasteiger partial charge in [0.1, 0.15) is 22.7 Å². The number of carbonyl (C=O) groups excluding carboxylic acids is 1. The fraction of sp³-hybridized carbons (Fsp3) is 0.0800. The van der Waals surface area contributed by atoms with Gasteiger partial charge in [-0.1, -0.05) is 0 Å². The molecule has 3 aromatic heterocycles. The Bertz CT molecular complexity index is 1480. The van der Waals surface area contributed by atoms with Crippen molar-refractivity contribution < 1.29 is 31.5 Å². The molecule has 1 amide bonds. The molecule has 0 fully saturated rings. The van der Waals surface area contributed by atoms with Crippen molar-refractivity contribution in [1.82, 2.24) is 15.3 Å². The highest BCUT2D eigenvalue weighted by atomic mass is 19.4. The van der Waals surface area contributed by atoms with Gasteiger partial charge in [0.2, 0.25) is 5.95 Å². The van der Waals surface area contributed by atoms with Gasteiger partial charge in [-0.2, -0.15) is 0 Å². The van der Waals surface area contributed by atoms with Crippen LogP contribution in [0, 0.1) is 0 Å². The van der Waals surface area contributed by atoms with E-state index < -0.39 is 6.36 Å². The molecule has 3 heterocycles. The van der Waals surface area contributed by atoms with Crippen molar-refractivity contribution in [3.8, 4) is 17.0 Å². The number of nitrogens with one attached hydrogen (secondary N) is 2. The zero-order chi connectivity index (χ0) is 25.1. The van der Waals surface area contributed by atoms with E-state index in [0.717, 1.165) is 0 Å². The smallest absolute Gasteiger partial charge is 0.467 e. The highest BCUT2D eigenvalue weighted by Gasteiger charge is 2.31. The summed E-state index contributed by atoms with van der Waals surface area (Å²) in [5.41, 5.74) is 2.87. The van der Waals surface area contributed by atoms with E-state index in [1.807, 2.05) is 0 Å². The molecular formula is C25H17F3N4O4. The van der Waals surface area contributed by atoms with Crippen molar-refractivity contribution in [2.24, 2.45) is 0 Å². The molecule has 11 heteroatoms. The Morgan fingerprint density at radius 2 is 1.69 bits per heavy atom. The third-order valence-electron chi connectivity index (χ3n) is 5.07. The van der Waals surface area contributed by atoms with E-state index in [2.05, 4.69) is 25.3 Å². The van der Waals surface area contributed by atoms with Gasteiger partial charge in [-0.05, 0) is 60.7 Å². The summed E-state index contributed by atoms with van der Waals surface area (Å²) in [5.74, 6) is 0.285. The normalized spacial score (nSPS) is 11.4. The van der Waals surface area contributed by atoms with Crippen molar-refractivity contribution in [2.75, 3.05) is 5.32 Å². The Labute approximate surface area is 201 Å². The van der Waals surface area contributed by atoms with E-state index in [9.17, 15) is 18.0 Å². The molecule has 36 heavy (non-hydrogen) atoms. The highest BCUT2D eigenvalue weighted by molar-refractivity contribution is 5.94. The summed E-state index contributed by atoms with van der Waals surface area (Å²) in [5, 5.41) is 5.85. The van der Waals surface area contributed by atoms with E-state index in [4.69, 9.17) is 8.83 Å². The van der Waals surface area contributed by atoms with Crippen LogP contribution >= 0.6 is 0 Å². The summed E-state index contributed by atoms with van der Waals surface area (Å²) in [6.07, 6.45) is -1.80. The van der Waals surface area contributed by atoms with Crippen LogP contribution in [0.1, 0.15) is 16.1 Å². The second-order valence-electron chi connectivity index (χ2n) is 7.57. The molecule has 0 spiro atoms. The van der Waals surface area contributed by atoms with E-state index in [-0.39, 0.29) is 24.1 Å². The molecule has 2 aromatic carbocycles. The second-order valence-corrected chi connectivity index (χ2v) is 7.57. The number of rotatable bonds is 7. The van der Waals surface area contributed by atoms with Gasteiger partial charge in [0.15, 0.2) is 5.58 Å². The number of aromatic nitrogens is 2. The lowest BCUT2D eigenvalue weighted by molar-refractivity contribution is -0.274. The number of anilines is 2. The number of ether oxygens (including phenoxy) is 1. The Morgan fingerprint density at radius 3 is 2.39 bits per heavy atom. The third kappa shape index (κ3) is 5.30. The number of nitrogens with zero attached hydrogens (tertiary/aromatic N) is 2. The molecule has 0 atom stereocenters. The zero-order valence-corrected chi connectivity index (χ0v) is 18.4. The van der Waals surface area contributed by atoms with Crippen molar-refractivity contribution in [3.05, 3.63) is 90.6 Å². The lowest BCUT2D eigenvalue weighted by atomic mass is 10.1. The molecule has 0 saturated carbocycles. The van der Waals surface area contributed by atoms with Gasteiger partial charge >= 0.3 is 6.36 Å². The van der Waals surface area contributed by atoms with Crippen molar-refractivity contribution >= 4 is 28.6 Å². The van der Waals surface area contributed by atoms with Crippen molar-refractivity contribution in [2.45, 2.75) is 12.9 Å². The van der Waals surface area contributed by atoms with Crippen LogP contribution in [0.25, 0.3) is 22.4 Å². The maximum Gasteiger partial charge on any atom is 0.573 e. The summed E-state index contributed by atoms with van der Waals surface area (Å²) in [6.45, 7) is 0.274. The lowest BCUT2D eigenvalue weighted by Gasteiger charge is -2.10. The number of fused-ring (bicyclic) bond motifs is 1. The van der Waals surface area contributed by atoms with E-state index >= 15 is 0 Å². The molecule has 0 saturated heterocycles. The molecule has 2 N–H and O–H groups in total. The van der Waals surface area contributed by atoms with E-state index in [0.29, 0.717) is 39.4 Å². The van der Waals surface area contributed by atoms with Crippen LogP contribution in [0.5, 0.6) is 5.75 Å². The number of hydrogen-bond donors (Lipinski definition) is 2. The molecular weight excluding hydrogens is 477 g/mol. The zero-order valence-electron chi connectivity index (χ0n) is 18.4. The first kappa shape index (κ1) is 23.0. The Kier molecular flexibility index (Phi) is 6.03. The minimum absolute atomic E-state index is 0.240. The summed E-state index contributed by atoms with van der Waals surface area (Å²) in [6, 6.07) is 17.2. The third-order valence-corrected chi connectivity index (χ3v) is 5.07. The fourth-order valence-corrected chi connectivity index (χ4v) is 3.45. The quantitative estimate of drug-likeness (QED) is 0.284. The lowest BCUT2D eigenvalue weighted by Crippen LogP contribution is -2.22. The average Bonchev–Trinajstić information content (AvgIpc) is 3.54. The first-order valence-electron chi connectivity index (χ1n) is 10.6. The molecule has 5 aromatic rings. The largest absolute Gasteiger partial charge is 0.573 e. The van der Waals surface area contributed by atoms with Gasteiger partial charge in [-0.15, -0.1) is 13.2 Å². The number of alkyl halides is 3. The molecule has 0 aliphatic rings. The van der Waals surface area contributed by atoms with Crippen LogP contribution in [0.15, 0.2) is 88.1 Å². The van der Waals surface area contributed by atoms with Gasteiger partial charge in [-0.25, -0.2) is 9.97 Å². The topological polar surface area (TPSA) is 102 Å². The van der Waals surface area contributed by atoms with Gasteiger partial charge in [0, 0.05) is 22.9 Å². The van der Waals surface area contributed by atoms with E-state index in [1.165, 1.54) is 36.8 Å². The molecule has 0 aliphatic heterocycles. The van der Waals surface area contributed by atoms with Gasteiger partial charge in [0.25, 0.3) is 5.91 Å². The van der Waals surface area contributed by atoms with Gasteiger partial charge in [0.05, 0.1) is 19.1 Å². The Hall–Kier alpha value is -4.80. The summed E-state index contributed by atoms with van der Waals surface area (Å²) in [7, 11) is 0. The van der Waals surface area contributed by atoms with Crippen LogP contribution in [0.2, 0.25) is 0 Å². The molecule has 0 aliphatic carbocycles. The van der Waals surface area contributed by atoms with Crippen molar-refractivity contribution in [1.29, 1.82) is 0 Å². The molecule has 8 nitrogen and oxygen atoms in total. The van der Waals surface area contributed by atoms with Crippen LogP contribution in [0.4, 0.5) is 24.8 Å². The van der Waals surface area contributed by atoms with E-state index in [1.54, 1.807) is 42.5 Å². The maximum atomic E-state index is 12.5. The SMILES string of the molecule is O=C(NCc1ccco1)c1ccc(Nc2nc(-c3ccc(OC(F)(F)F)cc3)c3occc3n2)cc1. The monoisotopic (exact) mass is 494 g/mol. The molecule has 0 radical (unpaired) electrons. The molecule has 0 unspecified atom stereocenters. The maximum absolute atomic E-state index is 12.5. The molecule has 5 rings (SSSR count). The number of benzene rings is 2. The first-order chi connectivity index (χ1) is 17.3. The predicted octanol–water partition coefficient (Wildman–Crippen LogP) is 6.06.